The van der Waals surface area contributed by atoms with Crippen molar-refractivity contribution < 1.29 is 29.3 Å². The molecule has 4 N–H and O–H groups in total. The van der Waals surface area contributed by atoms with E-state index in [4.69, 9.17) is 4.11 Å². The molecule has 1 aromatic carbocycles. The van der Waals surface area contributed by atoms with Gasteiger partial charge in [-0.15, -0.1) is 0 Å². The highest BCUT2D eigenvalue weighted by Gasteiger charge is 2.28. The predicted molar refractivity (Wildman–Crippen MR) is 132 cm³/mol. The number of anilines is 1. The van der Waals surface area contributed by atoms with Gasteiger partial charge in [0.25, 0.3) is 11.4 Å². The van der Waals surface area contributed by atoms with E-state index in [1.807, 2.05) is 0 Å². The minimum absolute atomic E-state index is 0.175. The minimum Gasteiger partial charge on any atom is -0.394 e. The van der Waals surface area contributed by atoms with Gasteiger partial charge in [0.05, 0.1) is 36.0 Å². The van der Waals surface area contributed by atoms with Crippen LogP contribution in [0.25, 0.3) is 0 Å². The van der Waals surface area contributed by atoms with Crippen LogP contribution in [0, 0.1) is 20.2 Å². The summed E-state index contributed by atoms with van der Waals surface area (Å²) >= 11 is 0. The number of non-ortho nitro benzene ring substituents is 1. The summed E-state index contributed by atoms with van der Waals surface area (Å²) in [7, 11) is 0. The van der Waals surface area contributed by atoms with Gasteiger partial charge in [0.15, 0.2) is 0 Å². The molecule has 0 fully saturated rings. The summed E-state index contributed by atoms with van der Waals surface area (Å²) in [6, 6.07) is 1.75. The van der Waals surface area contributed by atoms with E-state index in [2.05, 4.69) is 12.2 Å². The number of nitro groups is 2. The van der Waals surface area contributed by atoms with Crippen molar-refractivity contribution in [3.05, 3.63) is 50.6 Å². The molecular formula is C24H39N3O7. The van der Waals surface area contributed by atoms with Crippen molar-refractivity contribution in [2.45, 2.75) is 95.8 Å². The second-order valence-electron chi connectivity index (χ2n) is 8.17. The van der Waals surface area contributed by atoms with Crippen molar-refractivity contribution in [2.75, 3.05) is 11.9 Å². The molecule has 1 rings (SSSR count). The fraction of sp³-hybridized carbons (Fsp3) is 0.667. The van der Waals surface area contributed by atoms with Gasteiger partial charge in [-0.2, -0.15) is 0 Å². The molecule has 0 saturated heterocycles. The van der Waals surface area contributed by atoms with Gasteiger partial charge in [0.1, 0.15) is 11.8 Å². The highest BCUT2D eigenvalue weighted by atomic mass is 16.6. The molecule has 10 nitrogen and oxygen atoms in total. The summed E-state index contributed by atoms with van der Waals surface area (Å²) in [6.45, 7) is 1.43. The molecule has 1 aromatic rings. The molecule has 0 bridgehead atoms. The van der Waals surface area contributed by atoms with Crippen molar-refractivity contribution in [2.24, 2.45) is 0 Å². The topological polar surface area (TPSA) is 159 Å². The lowest BCUT2D eigenvalue weighted by Crippen LogP contribution is -2.44. The molecule has 0 radical (unpaired) electrons. The molecule has 0 heterocycles. The third-order valence-corrected chi connectivity index (χ3v) is 5.45. The number of hydrogen-bond acceptors (Lipinski definition) is 8. The lowest BCUT2D eigenvalue weighted by Gasteiger charge is -2.27. The molecule has 3 atom stereocenters. The molecule has 10 heteroatoms. The Morgan fingerprint density at radius 1 is 1.09 bits per heavy atom. The summed E-state index contributed by atoms with van der Waals surface area (Å²) in [5, 5.41) is 55.3. The number of nitro benzene ring substituents is 2. The van der Waals surface area contributed by atoms with Crippen LogP contribution in [0.3, 0.4) is 0 Å². The number of aliphatic hydroxyl groups excluding tert-OH is 3. The number of allylic oxidation sites excluding steroid dienone is 2. The standard InChI is InChI=1S/C24H39N3O7/c1-2-3-4-5-6-7-8-9-10-11-12-13-14-23(29)24(30)21(18-28)25-20-16-15-19(26(31)32)17-22(20)27(33)34/h10-11,15-17,21,23-25,28-30H,2-9,12-14,18H2,1H3/b11-10+/t21-,23+,24-/m0/s1/i10D,12D2. The van der Waals surface area contributed by atoms with Gasteiger partial charge in [-0.25, -0.2) is 0 Å². The Morgan fingerprint density at radius 3 is 2.38 bits per heavy atom. The maximum absolute atomic E-state index is 11.3. The number of unbranched alkanes of at least 4 members (excludes halogenated alkanes) is 6. The van der Waals surface area contributed by atoms with E-state index in [9.17, 15) is 35.5 Å². The smallest absolute Gasteiger partial charge is 0.299 e. The summed E-state index contributed by atoms with van der Waals surface area (Å²) in [5.74, 6) is 0. The monoisotopic (exact) mass is 484 g/mol. The highest BCUT2D eigenvalue weighted by Crippen LogP contribution is 2.30. The van der Waals surface area contributed by atoms with Crippen LogP contribution in [0.5, 0.6) is 0 Å². The molecule has 0 unspecified atom stereocenters. The number of rotatable bonds is 19. The van der Waals surface area contributed by atoms with Crippen LogP contribution in [0.1, 0.15) is 81.6 Å². The van der Waals surface area contributed by atoms with Crippen molar-refractivity contribution in [1.29, 1.82) is 0 Å². The van der Waals surface area contributed by atoms with E-state index < -0.39 is 52.5 Å². The molecule has 0 aliphatic rings. The van der Waals surface area contributed by atoms with E-state index in [1.165, 1.54) is 25.3 Å². The van der Waals surface area contributed by atoms with Crippen LogP contribution in [-0.4, -0.2) is 50.0 Å². The Balaban J connectivity index is 2.67. The Hall–Kier alpha value is -2.56. The van der Waals surface area contributed by atoms with E-state index in [0.717, 1.165) is 43.9 Å². The molecule has 0 aliphatic carbocycles. The maximum atomic E-state index is 11.3. The molecule has 0 spiro atoms. The van der Waals surface area contributed by atoms with E-state index in [0.29, 0.717) is 6.42 Å². The van der Waals surface area contributed by atoms with Crippen molar-refractivity contribution >= 4 is 17.1 Å². The van der Waals surface area contributed by atoms with Gasteiger partial charge in [-0.1, -0.05) is 57.6 Å². The second kappa shape index (κ2) is 17.0. The zero-order valence-electron chi connectivity index (χ0n) is 22.7. The second-order valence-corrected chi connectivity index (χ2v) is 8.17. The molecule has 192 valence electrons. The normalized spacial score (nSPS) is 16.1. The van der Waals surface area contributed by atoms with Crippen LogP contribution in [0.2, 0.25) is 0 Å². The van der Waals surface area contributed by atoms with Crippen LogP contribution < -0.4 is 5.32 Å². The molecule has 0 amide bonds. The van der Waals surface area contributed by atoms with Crippen LogP contribution in [0.15, 0.2) is 30.3 Å². The first-order valence-electron chi connectivity index (χ1n) is 13.3. The highest BCUT2D eigenvalue weighted by molar-refractivity contribution is 5.65. The number of hydrogen-bond donors (Lipinski definition) is 4. The summed E-state index contributed by atoms with van der Waals surface area (Å²) in [5.41, 5.74) is -1.34. The number of aliphatic hydroxyl groups is 3. The first kappa shape index (κ1) is 24.6. The van der Waals surface area contributed by atoms with Crippen LogP contribution in [0.4, 0.5) is 17.1 Å². The predicted octanol–water partition coefficient (Wildman–Crippen LogP) is 4.86. The molecule has 0 aromatic heterocycles. The van der Waals surface area contributed by atoms with E-state index >= 15 is 0 Å². The number of nitrogens with one attached hydrogen (secondary N) is 1. The van der Waals surface area contributed by atoms with E-state index in [-0.39, 0.29) is 24.6 Å². The third-order valence-electron chi connectivity index (χ3n) is 5.45. The van der Waals surface area contributed by atoms with Crippen LogP contribution in [-0.2, 0) is 0 Å². The average molecular weight is 485 g/mol. The fourth-order valence-electron chi connectivity index (χ4n) is 3.42. The van der Waals surface area contributed by atoms with Gasteiger partial charge in [-0.3, -0.25) is 20.2 Å². The van der Waals surface area contributed by atoms with Crippen LogP contribution >= 0.6 is 0 Å². The lowest BCUT2D eigenvalue weighted by atomic mass is 10.0. The Morgan fingerprint density at radius 2 is 1.76 bits per heavy atom. The molecule has 0 saturated carbocycles. The lowest BCUT2D eigenvalue weighted by molar-refractivity contribution is -0.393. The van der Waals surface area contributed by atoms with Gasteiger partial charge >= 0.3 is 0 Å². The van der Waals surface area contributed by atoms with Crippen molar-refractivity contribution in [3.63, 3.8) is 0 Å². The fourth-order valence-corrected chi connectivity index (χ4v) is 3.42. The zero-order valence-corrected chi connectivity index (χ0v) is 19.7. The van der Waals surface area contributed by atoms with Gasteiger partial charge < -0.3 is 20.6 Å². The van der Waals surface area contributed by atoms with Gasteiger partial charge in [-0.05, 0) is 38.1 Å². The first-order valence-corrected chi connectivity index (χ1v) is 11.8. The molecule has 0 aliphatic heterocycles. The average Bonchev–Trinajstić information content (AvgIpc) is 2.84. The number of nitrogens with zero attached hydrogens (tertiary/aromatic N) is 2. The SMILES string of the molecule is [2H]/C(=C\C([2H])([2H])CC[C@@H](O)[C@@H](O)[C@H](CO)Nc1ccc([N+](=O)[O-])cc1[N+](=O)[O-])CCCCCCCCC. The largest absolute Gasteiger partial charge is 0.394 e. The quantitative estimate of drug-likeness (QED) is 0.0937. The molecular weight excluding hydrogens is 442 g/mol. The summed E-state index contributed by atoms with van der Waals surface area (Å²) in [6.07, 6.45) is 3.92. The minimum atomic E-state index is -1.89. The van der Waals surface area contributed by atoms with Gasteiger partial charge in [0, 0.05) is 8.81 Å². The zero-order chi connectivity index (χ0) is 28.0. The molecule has 34 heavy (non-hydrogen) atoms. The first-order chi connectivity index (χ1) is 17.4. The summed E-state index contributed by atoms with van der Waals surface area (Å²) < 4.78 is 24.3. The maximum Gasteiger partial charge on any atom is 0.299 e. The Kier molecular flexibility index (Phi) is 12.3. The third kappa shape index (κ3) is 11.0. The van der Waals surface area contributed by atoms with Crippen molar-refractivity contribution in [3.8, 4) is 0 Å². The Labute approximate surface area is 205 Å². The van der Waals surface area contributed by atoms with Crippen molar-refractivity contribution in [1.82, 2.24) is 0 Å². The Bertz CT molecular complexity index is 902. The summed E-state index contributed by atoms with van der Waals surface area (Å²) in [4.78, 5) is 20.6. The van der Waals surface area contributed by atoms with Gasteiger partial charge in [0.2, 0.25) is 0 Å². The van der Waals surface area contributed by atoms with E-state index in [1.54, 1.807) is 0 Å². The number of benzene rings is 1.